The number of nitrogens with zero attached hydrogens (tertiary/aromatic N) is 5. The molecule has 1 aliphatic rings. The number of amidine groups is 1. The van der Waals surface area contributed by atoms with Crippen LogP contribution in [0.2, 0.25) is 0 Å². The first-order valence-electron chi connectivity index (χ1n) is 11.7. The summed E-state index contributed by atoms with van der Waals surface area (Å²) in [6.45, 7) is 1.40. The Bertz CT molecular complexity index is 1440. The number of benzene rings is 1. The van der Waals surface area contributed by atoms with Crippen molar-refractivity contribution in [1.82, 2.24) is 19.7 Å². The number of hydrogen-bond donors (Lipinski definition) is 0. The Labute approximate surface area is 228 Å². The number of rotatable bonds is 9. The van der Waals surface area contributed by atoms with Crippen molar-refractivity contribution in [1.29, 1.82) is 0 Å². The molecule has 8 nitrogen and oxygen atoms in total. The van der Waals surface area contributed by atoms with Gasteiger partial charge in [-0.2, -0.15) is 36.4 Å². The highest BCUT2D eigenvalue weighted by molar-refractivity contribution is 8.18. The van der Waals surface area contributed by atoms with Crippen LogP contribution in [-0.4, -0.2) is 71.3 Å². The van der Waals surface area contributed by atoms with E-state index in [2.05, 4.69) is 15.1 Å². The summed E-state index contributed by atoms with van der Waals surface area (Å²) >= 11 is 1.20. The number of thioether (sulfide) groups is 1. The Morgan fingerprint density at radius 3 is 2.33 bits per heavy atom. The number of aromatic nitrogens is 3. The van der Waals surface area contributed by atoms with E-state index in [9.17, 15) is 31.1 Å². The Hall–Kier alpha value is -3.43. The summed E-state index contributed by atoms with van der Waals surface area (Å²) in [5.74, 6) is -0.413. The number of hydrogen-bond acceptors (Lipinski definition) is 7. The van der Waals surface area contributed by atoms with Gasteiger partial charge in [0.15, 0.2) is 5.17 Å². The largest absolute Gasteiger partial charge is 0.418 e. The Morgan fingerprint density at radius 2 is 1.70 bits per heavy atom. The summed E-state index contributed by atoms with van der Waals surface area (Å²) in [5.41, 5.74) is -2.50. The van der Waals surface area contributed by atoms with Crippen molar-refractivity contribution in [3.8, 4) is 0 Å². The molecule has 0 fully saturated rings. The maximum Gasteiger partial charge on any atom is 0.418 e. The zero-order valence-corrected chi connectivity index (χ0v) is 22.0. The lowest BCUT2D eigenvalue weighted by molar-refractivity contribution is -0.144. The van der Waals surface area contributed by atoms with Gasteiger partial charge in [-0.15, -0.1) is 0 Å². The van der Waals surface area contributed by atoms with Crippen LogP contribution < -0.4 is 0 Å². The summed E-state index contributed by atoms with van der Waals surface area (Å²) in [7, 11) is 3.14. The molecule has 0 saturated heterocycles. The van der Waals surface area contributed by atoms with Crippen LogP contribution in [0.1, 0.15) is 22.4 Å². The van der Waals surface area contributed by atoms with Crippen molar-refractivity contribution >= 4 is 39.8 Å². The maximum atomic E-state index is 13.5. The van der Waals surface area contributed by atoms with Gasteiger partial charge < -0.3 is 14.4 Å². The zero-order chi connectivity index (χ0) is 29.1. The highest BCUT2D eigenvalue weighted by Gasteiger charge is 2.39. The average Bonchev–Trinajstić information content (AvgIpc) is 3.45. The fraction of sp³-hybridized carbons (Fsp3) is 0.360. The van der Waals surface area contributed by atoms with E-state index in [0.29, 0.717) is 59.0 Å². The van der Waals surface area contributed by atoms with E-state index in [1.54, 1.807) is 38.5 Å². The second-order valence-electron chi connectivity index (χ2n) is 8.62. The first kappa shape index (κ1) is 29.6. The SMILES string of the molecule is COCCN(CCOC)C1=NC(=O)/C(=C/c2ccc3c(cnn3Cc3ncc(C(F)(F)F)cc3C(F)(F)F)c2)S1. The van der Waals surface area contributed by atoms with Crippen LogP contribution in [0.4, 0.5) is 26.3 Å². The molecule has 0 spiro atoms. The number of fused-ring (bicyclic) bond motifs is 1. The van der Waals surface area contributed by atoms with Gasteiger partial charge in [0.2, 0.25) is 0 Å². The summed E-state index contributed by atoms with van der Waals surface area (Å²) in [5, 5.41) is 5.17. The van der Waals surface area contributed by atoms with Gasteiger partial charge in [-0.05, 0) is 41.6 Å². The number of halogens is 6. The van der Waals surface area contributed by atoms with Crippen molar-refractivity contribution in [3.63, 3.8) is 0 Å². The molecule has 1 aromatic carbocycles. The number of ether oxygens (including phenoxy) is 2. The molecule has 0 unspecified atom stereocenters. The number of alkyl halides is 6. The van der Waals surface area contributed by atoms with Crippen molar-refractivity contribution in [2.24, 2.45) is 4.99 Å². The minimum absolute atomic E-state index is 0.0522. The summed E-state index contributed by atoms with van der Waals surface area (Å²) in [6, 6.07) is 4.99. The van der Waals surface area contributed by atoms with Crippen LogP contribution >= 0.6 is 11.8 Å². The molecule has 0 bridgehead atoms. The fourth-order valence-electron chi connectivity index (χ4n) is 3.87. The van der Waals surface area contributed by atoms with Crippen molar-refractivity contribution in [2.75, 3.05) is 40.5 Å². The van der Waals surface area contributed by atoms with E-state index in [-0.39, 0.29) is 6.07 Å². The van der Waals surface area contributed by atoms with Crippen LogP contribution in [0.25, 0.3) is 17.0 Å². The normalized spacial score (nSPS) is 15.3. The third-order valence-corrected chi connectivity index (χ3v) is 6.92. The zero-order valence-electron chi connectivity index (χ0n) is 21.2. The molecule has 40 heavy (non-hydrogen) atoms. The molecule has 2 aromatic heterocycles. The molecule has 0 radical (unpaired) electrons. The molecule has 3 aromatic rings. The van der Waals surface area contributed by atoms with Gasteiger partial charge in [0.1, 0.15) is 0 Å². The first-order chi connectivity index (χ1) is 18.9. The van der Waals surface area contributed by atoms with Crippen LogP contribution in [0.5, 0.6) is 0 Å². The second-order valence-corrected chi connectivity index (χ2v) is 9.63. The maximum absolute atomic E-state index is 13.5. The molecule has 0 aliphatic carbocycles. The lowest BCUT2D eigenvalue weighted by Crippen LogP contribution is -2.34. The standard InChI is InChI=1S/C25H23F6N5O3S/c1-38-7-5-35(6-8-39-2)23-34-22(37)21(40-23)10-15-3-4-20-16(9-15)12-33-36(20)14-19-18(25(29,30)31)11-17(13-32-19)24(26,27)28/h3-4,9-13H,5-8,14H2,1-2H3/b21-10-. The predicted molar refractivity (Wildman–Crippen MR) is 136 cm³/mol. The number of methoxy groups -OCH3 is 2. The van der Waals surface area contributed by atoms with Gasteiger partial charge in [0.25, 0.3) is 5.91 Å². The van der Waals surface area contributed by atoms with Crippen LogP contribution in [0, 0.1) is 0 Å². The van der Waals surface area contributed by atoms with E-state index >= 15 is 0 Å². The molecule has 0 atom stereocenters. The number of amides is 1. The van der Waals surface area contributed by atoms with Gasteiger partial charge in [-0.1, -0.05) is 6.07 Å². The Kier molecular flexibility index (Phi) is 8.85. The first-order valence-corrected chi connectivity index (χ1v) is 12.6. The molecule has 3 heterocycles. The molecule has 1 aliphatic heterocycles. The van der Waals surface area contributed by atoms with Crippen LogP contribution in [-0.2, 0) is 33.2 Å². The lowest BCUT2D eigenvalue weighted by atomic mass is 10.1. The van der Waals surface area contributed by atoms with E-state index in [1.165, 1.54) is 22.6 Å². The second kappa shape index (κ2) is 12.0. The van der Waals surface area contributed by atoms with Gasteiger partial charge in [0.05, 0.1) is 53.2 Å². The minimum Gasteiger partial charge on any atom is -0.383 e. The molecular weight excluding hydrogens is 564 g/mol. The number of carbonyl (C=O) groups excluding carboxylic acids is 1. The molecule has 0 saturated carbocycles. The van der Waals surface area contributed by atoms with Crippen molar-refractivity contribution < 1.29 is 40.6 Å². The third kappa shape index (κ3) is 6.82. The third-order valence-electron chi connectivity index (χ3n) is 5.88. The van der Waals surface area contributed by atoms with E-state index in [1.807, 2.05) is 4.90 Å². The van der Waals surface area contributed by atoms with Gasteiger partial charge in [0, 0.05) is 38.9 Å². The molecule has 214 valence electrons. The topological polar surface area (TPSA) is 81.8 Å². The lowest BCUT2D eigenvalue weighted by Gasteiger charge is -2.22. The highest BCUT2D eigenvalue weighted by Crippen LogP contribution is 2.37. The minimum atomic E-state index is -5.04. The smallest absolute Gasteiger partial charge is 0.383 e. The van der Waals surface area contributed by atoms with E-state index < -0.39 is 41.6 Å². The Balaban J connectivity index is 1.56. The monoisotopic (exact) mass is 587 g/mol. The number of pyridine rings is 1. The highest BCUT2D eigenvalue weighted by atomic mass is 32.2. The van der Waals surface area contributed by atoms with Crippen LogP contribution in [0.15, 0.2) is 46.6 Å². The quantitative estimate of drug-likeness (QED) is 0.255. The molecule has 15 heteroatoms. The predicted octanol–water partition coefficient (Wildman–Crippen LogP) is 5.08. The molecule has 1 amide bonds. The summed E-state index contributed by atoms with van der Waals surface area (Å²) in [6.07, 6.45) is -6.58. The summed E-state index contributed by atoms with van der Waals surface area (Å²) < 4.78 is 91.0. The average molecular weight is 588 g/mol. The van der Waals surface area contributed by atoms with Gasteiger partial charge >= 0.3 is 12.4 Å². The van der Waals surface area contributed by atoms with Gasteiger partial charge in [-0.3, -0.25) is 14.5 Å². The molecule has 4 rings (SSSR count). The molecular formula is C25H23F6N5O3S. The van der Waals surface area contributed by atoms with Crippen molar-refractivity contribution in [2.45, 2.75) is 18.9 Å². The van der Waals surface area contributed by atoms with Gasteiger partial charge in [-0.25, -0.2) is 0 Å². The number of carbonyl (C=O) groups is 1. The fourth-order valence-corrected chi connectivity index (χ4v) is 4.84. The number of aliphatic imine (C=N–C) groups is 1. The Morgan fingerprint density at radius 1 is 1.00 bits per heavy atom. The van der Waals surface area contributed by atoms with E-state index in [0.717, 1.165) is 0 Å². The van der Waals surface area contributed by atoms with Crippen LogP contribution in [0.3, 0.4) is 0 Å². The van der Waals surface area contributed by atoms with E-state index in [4.69, 9.17) is 9.47 Å². The van der Waals surface area contributed by atoms with Crippen molar-refractivity contribution in [3.05, 3.63) is 63.9 Å². The molecule has 0 N–H and O–H groups in total. The summed E-state index contributed by atoms with van der Waals surface area (Å²) in [4.78, 5) is 22.4.